The summed E-state index contributed by atoms with van der Waals surface area (Å²) in [4.78, 5) is 0. The Kier molecular flexibility index (Phi) is 6.77. The quantitative estimate of drug-likeness (QED) is 0.672. The molecule has 0 saturated carbocycles. The molecule has 0 bridgehead atoms. The number of aromatic nitrogens is 4. The fourth-order valence-corrected chi connectivity index (χ4v) is 1.86. The van der Waals surface area contributed by atoms with Crippen LogP contribution < -0.4 is 5.32 Å². The molecule has 1 heterocycles. The molecule has 0 spiro atoms. The Morgan fingerprint density at radius 2 is 2.06 bits per heavy atom. The van der Waals surface area contributed by atoms with Crippen LogP contribution in [0.3, 0.4) is 0 Å². The maximum absolute atomic E-state index is 4.09. The van der Waals surface area contributed by atoms with Gasteiger partial charge in [0.2, 0.25) is 0 Å². The first-order valence-corrected chi connectivity index (χ1v) is 6.77. The minimum absolute atomic E-state index is 0.398. The third-order valence-electron chi connectivity index (χ3n) is 2.91. The number of tetrazole rings is 1. The lowest BCUT2D eigenvalue weighted by Gasteiger charge is -2.13. The van der Waals surface area contributed by atoms with Gasteiger partial charge in [0.15, 0.2) is 5.82 Å². The Morgan fingerprint density at radius 3 is 2.76 bits per heavy atom. The van der Waals surface area contributed by atoms with E-state index in [0.29, 0.717) is 6.04 Å². The van der Waals surface area contributed by atoms with Crippen LogP contribution in [0.15, 0.2) is 0 Å². The molecule has 0 radical (unpaired) electrons. The highest BCUT2D eigenvalue weighted by Crippen LogP contribution is 2.14. The minimum Gasteiger partial charge on any atom is -0.310 e. The van der Waals surface area contributed by atoms with Crippen molar-refractivity contribution in [3.8, 4) is 0 Å². The van der Waals surface area contributed by atoms with Gasteiger partial charge in [-0.3, -0.25) is 0 Å². The summed E-state index contributed by atoms with van der Waals surface area (Å²) in [6.45, 7) is 8.34. The van der Waals surface area contributed by atoms with E-state index in [1.807, 2.05) is 4.68 Å². The summed E-state index contributed by atoms with van der Waals surface area (Å²) in [5.41, 5.74) is 0. The largest absolute Gasteiger partial charge is 0.310 e. The van der Waals surface area contributed by atoms with Crippen LogP contribution in [0.25, 0.3) is 0 Å². The topological polar surface area (TPSA) is 55.6 Å². The van der Waals surface area contributed by atoms with Crippen LogP contribution in [0.4, 0.5) is 0 Å². The molecule has 1 aromatic rings. The van der Waals surface area contributed by atoms with Gasteiger partial charge in [0.1, 0.15) is 0 Å². The van der Waals surface area contributed by atoms with Crippen molar-refractivity contribution in [3.05, 3.63) is 5.82 Å². The highest BCUT2D eigenvalue weighted by Gasteiger charge is 2.11. The fourth-order valence-electron chi connectivity index (χ4n) is 1.86. The summed E-state index contributed by atoms with van der Waals surface area (Å²) in [5.74, 6) is 0.947. The van der Waals surface area contributed by atoms with Crippen molar-refractivity contribution < 1.29 is 0 Å². The molecule has 0 saturated heterocycles. The molecule has 0 aliphatic rings. The van der Waals surface area contributed by atoms with Crippen molar-refractivity contribution in [2.24, 2.45) is 0 Å². The normalized spacial score (nSPS) is 12.9. The SMILES string of the molecule is CCCCCC(C)n1nnnc1CNCCC. The van der Waals surface area contributed by atoms with E-state index in [0.717, 1.165) is 31.8 Å². The van der Waals surface area contributed by atoms with Gasteiger partial charge in [-0.15, -0.1) is 5.10 Å². The molecule has 5 heteroatoms. The molecule has 17 heavy (non-hydrogen) atoms. The van der Waals surface area contributed by atoms with Crippen molar-refractivity contribution in [2.45, 2.75) is 65.5 Å². The molecule has 5 nitrogen and oxygen atoms in total. The third kappa shape index (κ3) is 4.81. The summed E-state index contributed by atoms with van der Waals surface area (Å²) in [7, 11) is 0. The summed E-state index contributed by atoms with van der Waals surface area (Å²) >= 11 is 0. The van der Waals surface area contributed by atoms with E-state index >= 15 is 0 Å². The minimum atomic E-state index is 0.398. The van der Waals surface area contributed by atoms with E-state index in [1.54, 1.807) is 0 Å². The van der Waals surface area contributed by atoms with Crippen LogP contribution in [-0.4, -0.2) is 26.8 Å². The molecular formula is C12H25N5. The molecule has 0 aliphatic heterocycles. The van der Waals surface area contributed by atoms with Crippen LogP contribution in [0.5, 0.6) is 0 Å². The average Bonchev–Trinajstić information content (AvgIpc) is 2.78. The lowest BCUT2D eigenvalue weighted by molar-refractivity contribution is 0.411. The highest BCUT2D eigenvalue weighted by atomic mass is 15.6. The number of nitrogens with one attached hydrogen (secondary N) is 1. The predicted molar refractivity (Wildman–Crippen MR) is 68.7 cm³/mol. The molecule has 0 aliphatic carbocycles. The zero-order valence-corrected chi connectivity index (χ0v) is 11.3. The van der Waals surface area contributed by atoms with Crippen molar-refractivity contribution >= 4 is 0 Å². The number of hydrogen-bond donors (Lipinski definition) is 1. The molecular weight excluding hydrogens is 214 g/mol. The van der Waals surface area contributed by atoms with E-state index in [4.69, 9.17) is 0 Å². The molecule has 0 fully saturated rings. The molecule has 1 rings (SSSR count). The molecule has 1 aromatic heterocycles. The Labute approximate surface area is 104 Å². The maximum atomic E-state index is 4.09. The van der Waals surface area contributed by atoms with E-state index in [1.165, 1.54) is 19.3 Å². The van der Waals surface area contributed by atoms with Crippen molar-refractivity contribution in [2.75, 3.05) is 6.54 Å². The lowest BCUT2D eigenvalue weighted by atomic mass is 10.1. The van der Waals surface area contributed by atoms with Gasteiger partial charge in [0, 0.05) is 0 Å². The molecule has 0 amide bonds. The van der Waals surface area contributed by atoms with Crippen molar-refractivity contribution in [1.29, 1.82) is 0 Å². The van der Waals surface area contributed by atoms with Gasteiger partial charge in [-0.05, 0) is 36.7 Å². The Morgan fingerprint density at radius 1 is 1.24 bits per heavy atom. The smallest absolute Gasteiger partial charge is 0.165 e. The number of nitrogens with zero attached hydrogens (tertiary/aromatic N) is 4. The van der Waals surface area contributed by atoms with Gasteiger partial charge in [-0.25, -0.2) is 4.68 Å². The number of unbranched alkanes of at least 4 members (excludes halogenated alkanes) is 2. The molecule has 1 unspecified atom stereocenters. The van der Waals surface area contributed by atoms with Gasteiger partial charge >= 0.3 is 0 Å². The monoisotopic (exact) mass is 239 g/mol. The van der Waals surface area contributed by atoms with Crippen LogP contribution in [0.1, 0.15) is 64.7 Å². The standard InChI is InChI=1S/C12H25N5/c1-4-6-7-8-11(3)17-12(14-15-16-17)10-13-9-5-2/h11,13H,4-10H2,1-3H3. The Balaban J connectivity index is 2.43. The second kappa shape index (κ2) is 8.17. The van der Waals surface area contributed by atoms with Crippen LogP contribution >= 0.6 is 0 Å². The molecule has 1 N–H and O–H groups in total. The molecule has 0 aromatic carbocycles. The zero-order valence-electron chi connectivity index (χ0n) is 11.3. The van der Waals surface area contributed by atoms with Crippen LogP contribution in [0.2, 0.25) is 0 Å². The summed E-state index contributed by atoms with van der Waals surface area (Å²) < 4.78 is 1.96. The first-order valence-electron chi connectivity index (χ1n) is 6.77. The fraction of sp³-hybridized carbons (Fsp3) is 0.917. The van der Waals surface area contributed by atoms with E-state index in [9.17, 15) is 0 Å². The van der Waals surface area contributed by atoms with Crippen LogP contribution in [0, 0.1) is 0 Å². The second-order valence-corrected chi connectivity index (χ2v) is 4.56. The van der Waals surface area contributed by atoms with Crippen molar-refractivity contribution in [1.82, 2.24) is 25.5 Å². The van der Waals surface area contributed by atoms with Crippen molar-refractivity contribution in [3.63, 3.8) is 0 Å². The van der Waals surface area contributed by atoms with Gasteiger partial charge in [0.05, 0.1) is 12.6 Å². The van der Waals surface area contributed by atoms with Crippen LogP contribution in [-0.2, 0) is 6.54 Å². The lowest BCUT2D eigenvalue weighted by Crippen LogP contribution is -2.20. The van der Waals surface area contributed by atoms with E-state index in [2.05, 4.69) is 41.6 Å². The summed E-state index contributed by atoms with van der Waals surface area (Å²) in [6, 6.07) is 0.398. The number of rotatable bonds is 9. The predicted octanol–water partition coefficient (Wildman–Crippen LogP) is 2.31. The van der Waals surface area contributed by atoms with Gasteiger partial charge < -0.3 is 5.32 Å². The van der Waals surface area contributed by atoms with E-state index < -0.39 is 0 Å². The second-order valence-electron chi connectivity index (χ2n) is 4.56. The average molecular weight is 239 g/mol. The molecule has 1 atom stereocenters. The number of hydrogen-bond acceptors (Lipinski definition) is 4. The zero-order chi connectivity index (χ0) is 12.5. The summed E-state index contributed by atoms with van der Waals surface area (Å²) in [6.07, 6.45) is 6.08. The maximum Gasteiger partial charge on any atom is 0.165 e. The van der Waals surface area contributed by atoms with Gasteiger partial charge in [-0.2, -0.15) is 0 Å². The first-order chi connectivity index (χ1) is 8.29. The van der Waals surface area contributed by atoms with Gasteiger partial charge in [-0.1, -0.05) is 33.1 Å². The highest BCUT2D eigenvalue weighted by molar-refractivity contribution is 4.82. The van der Waals surface area contributed by atoms with Gasteiger partial charge in [0.25, 0.3) is 0 Å². The summed E-state index contributed by atoms with van der Waals surface area (Å²) in [5, 5.41) is 15.3. The Bertz CT molecular complexity index is 297. The molecule has 98 valence electrons. The first kappa shape index (κ1) is 14.1. The third-order valence-corrected chi connectivity index (χ3v) is 2.91. The Hall–Kier alpha value is -0.970. The van der Waals surface area contributed by atoms with E-state index in [-0.39, 0.29) is 0 Å².